The van der Waals surface area contributed by atoms with Crippen molar-refractivity contribution < 1.29 is 11.3 Å². The average molecular weight is 257 g/mol. The van der Waals surface area contributed by atoms with E-state index < -0.39 is 6.51 Å². The van der Waals surface area contributed by atoms with Gasteiger partial charge in [-0.1, -0.05) is 0 Å². The second-order valence-electron chi connectivity index (χ2n) is 10.8. The fourth-order valence-corrected chi connectivity index (χ4v) is 94.2. The Hall–Kier alpha value is 0.149. The van der Waals surface area contributed by atoms with Gasteiger partial charge in [-0.25, -0.2) is 0 Å². The van der Waals surface area contributed by atoms with Crippen LogP contribution in [-0.2, 0) is 11.3 Å². The molecule has 2 nitrogen and oxygen atoms in total. The molecule has 3 heteroatoms. The zero-order valence-corrected chi connectivity index (χ0v) is 10.5. The van der Waals surface area contributed by atoms with Crippen molar-refractivity contribution in [3.63, 3.8) is 0 Å². The molecule has 86 valence electrons. The minimum atomic E-state index is -3.25. The van der Waals surface area contributed by atoms with Crippen LogP contribution in [0, 0.1) is 0 Å². The van der Waals surface area contributed by atoms with Crippen LogP contribution >= 0.6 is 0 Å². The Morgan fingerprint density at radius 1 is 1.00 bits per heavy atom. The van der Waals surface area contributed by atoms with Crippen molar-refractivity contribution in [3.8, 4) is 0 Å². The number of fused-ring (bicyclic) bond motifs is 10. The molecule has 0 aromatic carbocycles. The number of aldehydes is 1. The molecule has 0 radical (unpaired) electrons. The Morgan fingerprint density at radius 2 is 1.56 bits per heavy atom. The maximum absolute atomic E-state index is 12.1. The van der Waals surface area contributed by atoms with Crippen LogP contribution in [-0.4, -0.2) is 29.7 Å². The normalized spacial score (nSPS) is 131. The molecule has 10 heterocycles. The summed E-state index contributed by atoms with van der Waals surface area (Å²) < 4.78 is 1.00. The molecule has 10 aliphatic heterocycles. The van der Waals surface area contributed by atoms with Gasteiger partial charge in [0.15, 0.2) is 0 Å². The van der Waals surface area contributed by atoms with Crippen LogP contribution in [0.2, 0.25) is 42.8 Å². The summed E-state index contributed by atoms with van der Waals surface area (Å²) in [7, 11) is 4.65. The Bertz CT molecular complexity index is 967. The first kappa shape index (κ1) is 5.86. The van der Waals surface area contributed by atoms with Crippen LogP contribution in [0.25, 0.3) is 0 Å². The fourth-order valence-electron chi connectivity index (χ4n) is 18.2. The van der Waals surface area contributed by atoms with Gasteiger partial charge in [0.2, 0.25) is 0 Å². The molecule has 0 N–H and O–H groups in total. The zero-order valence-electron chi connectivity index (χ0n) is 9.41. The molecule has 10 saturated heterocycles. The van der Waals surface area contributed by atoms with Crippen molar-refractivity contribution in [2.75, 3.05) is 14.1 Å². The van der Waals surface area contributed by atoms with Crippen LogP contribution in [0.5, 0.6) is 0 Å². The average Bonchev–Trinajstić information content (AvgIpc) is 3.21. The third kappa shape index (κ3) is 0.0439. The SMILES string of the molecule is CN(C)[C]12[CH]3[CH]4[CH]5[C]1(C=O)[Fe]45321678[CH]2[CH]1[CH]6[CH]7[CH]28. The van der Waals surface area contributed by atoms with Gasteiger partial charge < -0.3 is 0 Å². The van der Waals surface area contributed by atoms with E-state index in [1.807, 2.05) is 0 Å². The van der Waals surface area contributed by atoms with Crippen molar-refractivity contribution in [3.05, 3.63) is 0 Å². The predicted octanol–water partition coefficient (Wildman–Crippen LogP) is 2.41. The zero-order chi connectivity index (χ0) is 10.2. The molecule has 0 aromatic heterocycles. The second kappa shape index (κ2) is 0.418. The first-order valence-corrected chi connectivity index (χ1v) is 13.0. The van der Waals surface area contributed by atoms with E-state index in [2.05, 4.69) is 19.0 Å². The Balaban J connectivity index is 1.85. The molecule has 10 aliphatic rings. The van der Waals surface area contributed by atoms with Crippen LogP contribution < -0.4 is 0 Å². The molecule has 10 rings (SSSR count). The van der Waals surface area contributed by atoms with Gasteiger partial charge in [-0.05, 0) is 0 Å². The Morgan fingerprint density at radius 3 is 1.75 bits per heavy atom. The molecule has 10 fully saturated rings. The van der Waals surface area contributed by atoms with Crippen molar-refractivity contribution in [1.29, 1.82) is 0 Å². The molecule has 5 unspecified atom stereocenters. The summed E-state index contributed by atoms with van der Waals surface area (Å²) >= 11 is 0. The van der Waals surface area contributed by atoms with Gasteiger partial charge in [-0.2, -0.15) is 0 Å². The van der Waals surface area contributed by atoms with E-state index in [-0.39, 0.29) is 0 Å². The first-order valence-electron chi connectivity index (χ1n) is 6.79. The van der Waals surface area contributed by atoms with Crippen molar-refractivity contribution >= 4 is 6.29 Å². The summed E-state index contributed by atoms with van der Waals surface area (Å²) in [6, 6.07) is 0. The maximum atomic E-state index is 12.1. The van der Waals surface area contributed by atoms with Gasteiger partial charge in [0.1, 0.15) is 0 Å². The third-order valence-electron chi connectivity index (χ3n) is 15.7. The summed E-state index contributed by atoms with van der Waals surface area (Å²) in [4.78, 5) is 24.5. The Labute approximate surface area is 84.0 Å². The van der Waals surface area contributed by atoms with Crippen molar-refractivity contribution in [2.24, 2.45) is 0 Å². The Kier molecular flexibility index (Phi) is 0.153. The summed E-state index contributed by atoms with van der Waals surface area (Å²) in [6.07, 6.45) is 1.58. The number of rotatable bonds is 2. The quantitative estimate of drug-likeness (QED) is 0.559. The first-order chi connectivity index (χ1) is 7.44. The minimum absolute atomic E-state index is 0.398. The molecule has 0 aromatic rings. The molecular weight excluding hydrogens is 242 g/mol. The van der Waals surface area contributed by atoms with Gasteiger partial charge in [0.05, 0.1) is 0 Å². The number of carbonyl (C=O) groups excluding carboxylic acids is 1. The summed E-state index contributed by atoms with van der Waals surface area (Å²) in [5, 5.41) is 0. The molecule has 0 saturated carbocycles. The molecular formula is C13H15FeNO. The topological polar surface area (TPSA) is 20.3 Å². The van der Waals surface area contributed by atoms with E-state index in [1.54, 1.807) is 6.29 Å². The number of carbonyl (C=O) groups is 1. The van der Waals surface area contributed by atoms with E-state index in [9.17, 15) is 4.79 Å². The van der Waals surface area contributed by atoms with Crippen LogP contribution in [0.4, 0.5) is 0 Å². The standard InChI is InChI=1S/C8H10NO.C5H5.Fe/c1-9(2)8-5-3-4-7(8)6-10;1-2-4-5-3-1;/h3-6H,1-2H3;1-5H;. The van der Waals surface area contributed by atoms with E-state index in [1.165, 1.54) is 33.7 Å². The molecule has 16 heavy (non-hydrogen) atoms. The van der Waals surface area contributed by atoms with Crippen molar-refractivity contribution in [2.45, 2.75) is 47.3 Å². The number of nitrogens with zero attached hydrogens (tertiary/aromatic N) is 1. The van der Waals surface area contributed by atoms with E-state index >= 15 is 0 Å². The van der Waals surface area contributed by atoms with E-state index in [0.717, 1.165) is 4.82 Å². The molecule has 5 atom stereocenters. The third-order valence-corrected chi connectivity index (χ3v) is 58.6. The molecule has 0 amide bonds. The predicted molar refractivity (Wildman–Crippen MR) is 55.2 cm³/mol. The van der Waals surface area contributed by atoms with Crippen LogP contribution in [0.3, 0.4) is 0 Å². The van der Waals surface area contributed by atoms with Gasteiger partial charge in [-0.3, -0.25) is 0 Å². The van der Waals surface area contributed by atoms with Gasteiger partial charge in [0, 0.05) is 0 Å². The molecule has 0 bridgehead atoms. The second-order valence-corrected chi connectivity index (χ2v) is 34.0. The summed E-state index contributed by atoms with van der Waals surface area (Å²) in [5.41, 5.74) is 0. The fraction of sp³-hybridized carbons (Fsp3) is 0.923. The molecule has 1 spiro atoms. The van der Waals surface area contributed by atoms with Crippen LogP contribution in [0.15, 0.2) is 0 Å². The van der Waals surface area contributed by atoms with E-state index in [4.69, 9.17) is 0 Å². The number of hydrogen-bond donors (Lipinski definition) is 0. The van der Waals surface area contributed by atoms with Gasteiger partial charge in [0.25, 0.3) is 0 Å². The van der Waals surface area contributed by atoms with E-state index in [0.29, 0.717) is 8.75 Å². The van der Waals surface area contributed by atoms with Crippen LogP contribution in [0.1, 0.15) is 0 Å². The summed E-state index contributed by atoms with van der Waals surface area (Å²) in [6.45, 7) is -3.25. The monoisotopic (exact) mass is 257 g/mol. The van der Waals surface area contributed by atoms with Gasteiger partial charge >= 0.3 is 83.9 Å². The summed E-state index contributed by atoms with van der Waals surface area (Å²) in [5.74, 6) is 0. The molecule has 0 aliphatic carbocycles. The number of hydrogen-bond acceptors (Lipinski definition) is 2. The van der Waals surface area contributed by atoms with Gasteiger partial charge in [-0.15, -0.1) is 0 Å². The van der Waals surface area contributed by atoms with Crippen molar-refractivity contribution in [1.82, 2.24) is 4.90 Å².